The second-order valence-corrected chi connectivity index (χ2v) is 6.14. The molecule has 1 fully saturated rings. The fourth-order valence-corrected chi connectivity index (χ4v) is 3.16. The summed E-state index contributed by atoms with van der Waals surface area (Å²) in [5.41, 5.74) is 2.05. The number of aromatic nitrogens is 4. The van der Waals surface area contributed by atoms with Crippen LogP contribution in [-0.2, 0) is 6.54 Å². The van der Waals surface area contributed by atoms with E-state index in [0.717, 1.165) is 35.4 Å². The van der Waals surface area contributed by atoms with Crippen molar-refractivity contribution in [1.82, 2.24) is 24.8 Å². The zero-order chi connectivity index (χ0) is 15.6. The Hall–Kier alpha value is -2.61. The van der Waals surface area contributed by atoms with Crippen molar-refractivity contribution in [3.05, 3.63) is 41.4 Å². The molecule has 0 atom stereocenters. The smallest absolute Gasteiger partial charge is 0.274 e. The van der Waals surface area contributed by atoms with Gasteiger partial charge in [0.1, 0.15) is 0 Å². The molecule has 23 heavy (non-hydrogen) atoms. The fraction of sp³-hybridized carbons (Fsp3) is 0.267. The second kappa shape index (κ2) is 5.88. The normalized spacial score (nSPS) is 13.8. The number of amides is 1. The molecule has 0 aliphatic carbocycles. The van der Waals surface area contributed by atoms with Gasteiger partial charge in [-0.2, -0.15) is 0 Å². The van der Waals surface area contributed by atoms with E-state index in [1.807, 2.05) is 16.3 Å². The molecule has 8 heteroatoms. The molecule has 1 amide bonds. The maximum Gasteiger partial charge on any atom is 0.274 e. The molecule has 0 radical (unpaired) electrons. The van der Waals surface area contributed by atoms with Crippen molar-refractivity contribution in [3.63, 3.8) is 0 Å². The summed E-state index contributed by atoms with van der Waals surface area (Å²) in [5, 5.41) is 5.05. The molecule has 3 aromatic heterocycles. The van der Waals surface area contributed by atoms with Crippen molar-refractivity contribution in [2.75, 3.05) is 18.4 Å². The van der Waals surface area contributed by atoms with Gasteiger partial charge in [-0.05, 0) is 17.9 Å². The summed E-state index contributed by atoms with van der Waals surface area (Å²) < 4.78 is 0.840. The first-order valence-corrected chi connectivity index (χ1v) is 8.22. The third-order valence-electron chi connectivity index (χ3n) is 3.69. The van der Waals surface area contributed by atoms with Crippen molar-refractivity contribution < 1.29 is 4.79 Å². The molecule has 1 saturated heterocycles. The van der Waals surface area contributed by atoms with Crippen LogP contribution in [0.4, 0.5) is 5.95 Å². The number of likely N-dealkylation sites (tertiary alicyclic amines) is 1. The minimum atomic E-state index is -0.0198. The average molecular weight is 326 g/mol. The fourth-order valence-electron chi connectivity index (χ4n) is 2.35. The molecule has 3 aromatic rings. The molecule has 0 spiro atoms. The lowest BCUT2D eigenvalue weighted by atomic mass is 10.2. The van der Waals surface area contributed by atoms with Crippen LogP contribution >= 0.6 is 11.3 Å². The minimum absolute atomic E-state index is 0.0198. The zero-order valence-electron chi connectivity index (χ0n) is 12.3. The first kappa shape index (κ1) is 14.0. The first-order valence-electron chi connectivity index (χ1n) is 7.34. The number of carbonyl (C=O) groups excluding carboxylic acids is 1. The molecule has 4 heterocycles. The number of hydrogen-bond acceptors (Lipinski definition) is 7. The Bertz CT molecular complexity index is 846. The molecule has 7 nitrogen and oxygen atoms in total. The summed E-state index contributed by atoms with van der Waals surface area (Å²) in [7, 11) is 0. The van der Waals surface area contributed by atoms with E-state index >= 15 is 0 Å². The highest BCUT2D eigenvalue weighted by atomic mass is 32.1. The summed E-state index contributed by atoms with van der Waals surface area (Å²) in [5.74, 6) is 0.416. The Kier molecular flexibility index (Phi) is 3.58. The molecule has 1 N–H and O–H groups in total. The van der Waals surface area contributed by atoms with Crippen LogP contribution < -0.4 is 5.32 Å². The van der Waals surface area contributed by atoms with Gasteiger partial charge in [-0.1, -0.05) is 0 Å². The summed E-state index contributed by atoms with van der Waals surface area (Å²) in [6, 6.07) is 1.90. The van der Waals surface area contributed by atoms with Crippen molar-refractivity contribution in [2.24, 2.45) is 0 Å². The highest BCUT2D eigenvalue weighted by Gasteiger charge is 2.25. The summed E-state index contributed by atoms with van der Waals surface area (Å²) >= 11 is 1.49. The van der Waals surface area contributed by atoms with Crippen LogP contribution in [-0.4, -0.2) is 43.8 Å². The lowest BCUT2D eigenvalue weighted by molar-refractivity contribution is 0.0648. The predicted octanol–water partition coefficient (Wildman–Crippen LogP) is 1.94. The van der Waals surface area contributed by atoms with E-state index in [1.54, 1.807) is 18.6 Å². The molecule has 1 aliphatic heterocycles. The van der Waals surface area contributed by atoms with Crippen molar-refractivity contribution in [2.45, 2.75) is 13.0 Å². The van der Waals surface area contributed by atoms with Crippen molar-refractivity contribution in [1.29, 1.82) is 0 Å². The molecule has 0 bridgehead atoms. The number of fused-ring (bicyclic) bond motifs is 1. The molecule has 0 unspecified atom stereocenters. The van der Waals surface area contributed by atoms with Crippen LogP contribution in [0.1, 0.15) is 22.6 Å². The van der Waals surface area contributed by atoms with Crippen LogP contribution in [0.3, 0.4) is 0 Å². The third kappa shape index (κ3) is 2.72. The van der Waals surface area contributed by atoms with Gasteiger partial charge in [0.25, 0.3) is 5.91 Å². The number of thiophene rings is 1. The van der Waals surface area contributed by atoms with Gasteiger partial charge >= 0.3 is 0 Å². The van der Waals surface area contributed by atoms with E-state index in [-0.39, 0.29) is 5.91 Å². The van der Waals surface area contributed by atoms with Gasteiger partial charge in [-0.15, -0.1) is 11.3 Å². The number of nitrogens with zero attached hydrogens (tertiary/aromatic N) is 5. The number of nitrogens with one attached hydrogen (secondary N) is 1. The van der Waals surface area contributed by atoms with E-state index < -0.39 is 0 Å². The van der Waals surface area contributed by atoms with Crippen molar-refractivity contribution in [3.8, 4) is 0 Å². The maximum absolute atomic E-state index is 12.6. The topological polar surface area (TPSA) is 83.9 Å². The van der Waals surface area contributed by atoms with Gasteiger partial charge in [0, 0.05) is 25.5 Å². The van der Waals surface area contributed by atoms with Gasteiger partial charge < -0.3 is 10.2 Å². The molecule has 116 valence electrons. The largest absolute Gasteiger partial charge is 0.348 e. The van der Waals surface area contributed by atoms with Crippen LogP contribution in [0.2, 0.25) is 0 Å². The zero-order valence-corrected chi connectivity index (χ0v) is 13.1. The lowest BCUT2D eigenvalue weighted by Gasteiger charge is -2.30. The SMILES string of the molecule is O=C(c1nc(NCc2cnccn2)nc2ccsc12)N1CCC1. The number of hydrogen-bond donors (Lipinski definition) is 1. The molecular weight excluding hydrogens is 312 g/mol. The van der Waals surface area contributed by atoms with Gasteiger partial charge in [0.05, 0.1) is 28.7 Å². The van der Waals surface area contributed by atoms with Crippen molar-refractivity contribution >= 4 is 33.4 Å². The summed E-state index contributed by atoms with van der Waals surface area (Å²) in [4.78, 5) is 31.5. The highest BCUT2D eigenvalue weighted by Crippen LogP contribution is 2.26. The number of carbonyl (C=O) groups is 1. The Morgan fingerprint density at radius 3 is 2.96 bits per heavy atom. The van der Waals surface area contributed by atoms with Gasteiger partial charge in [-0.3, -0.25) is 14.8 Å². The van der Waals surface area contributed by atoms with Gasteiger partial charge in [-0.25, -0.2) is 9.97 Å². The number of rotatable bonds is 4. The molecule has 0 aromatic carbocycles. The standard InChI is InChI=1S/C15H14N6OS/c22-14(21-5-1-6-21)12-13-11(2-7-23-13)19-15(20-12)18-9-10-8-16-3-4-17-10/h2-4,7-8H,1,5-6,9H2,(H,18,19,20). The van der Waals surface area contributed by atoms with E-state index in [9.17, 15) is 4.79 Å². The molecule has 0 saturated carbocycles. The van der Waals surface area contributed by atoms with Crippen LogP contribution in [0.25, 0.3) is 10.2 Å². The Labute approximate surface area is 136 Å². The molecule has 1 aliphatic rings. The average Bonchev–Trinajstić information content (AvgIpc) is 3.00. The minimum Gasteiger partial charge on any atom is -0.348 e. The van der Waals surface area contributed by atoms with Crippen LogP contribution in [0.15, 0.2) is 30.0 Å². The lowest BCUT2D eigenvalue weighted by Crippen LogP contribution is -2.42. The Morgan fingerprint density at radius 2 is 2.22 bits per heavy atom. The van der Waals surface area contributed by atoms with Crippen LogP contribution in [0.5, 0.6) is 0 Å². The summed E-state index contributed by atoms with van der Waals surface area (Å²) in [6.07, 6.45) is 6.00. The monoisotopic (exact) mass is 326 g/mol. The van der Waals surface area contributed by atoms with E-state index in [4.69, 9.17) is 0 Å². The van der Waals surface area contributed by atoms with E-state index in [2.05, 4.69) is 25.3 Å². The predicted molar refractivity (Wildman–Crippen MR) is 87.3 cm³/mol. The van der Waals surface area contributed by atoms with E-state index in [0.29, 0.717) is 18.2 Å². The Morgan fingerprint density at radius 1 is 1.30 bits per heavy atom. The second-order valence-electron chi connectivity index (χ2n) is 5.23. The van der Waals surface area contributed by atoms with Crippen LogP contribution in [0, 0.1) is 0 Å². The molecular formula is C15H14N6OS. The Balaban J connectivity index is 1.63. The first-order chi connectivity index (χ1) is 11.3. The quantitative estimate of drug-likeness (QED) is 0.789. The van der Waals surface area contributed by atoms with E-state index in [1.165, 1.54) is 11.3 Å². The maximum atomic E-state index is 12.6. The van der Waals surface area contributed by atoms with Gasteiger partial charge in [0.2, 0.25) is 5.95 Å². The summed E-state index contributed by atoms with van der Waals surface area (Å²) in [6.45, 7) is 2.07. The molecule has 4 rings (SSSR count). The third-order valence-corrected chi connectivity index (χ3v) is 4.60. The van der Waals surface area contributed by atoms with Gasteiger partial charge in [0.15, 0.2) is 5.69 Å². The highest BCUT2D eigenvalue weighted by molar-refractivity contribution is 7.17. The number of anilines is 1.